The van der Waals surface area contributed by atoms with Gasteiger partial charge in [-0.25, -0.2) is 4.79 Å². The Bertz CT molecular complexity index is 717. The molecule has 0 radical (unpaired) electrons. The Morgan fingerprint density at radius 1 is 1.38 bits per heavy atom. The first-order valence-electron chi connectivity index (χ1n) is 6.28. The zero-order chi connectivity index (χ0) is 15.4. The highest BCUT2D eigenvalue weighted by atomic mass is 16.4. The monoisotopic (exact) mass is 285 g/mol. The highest BCUT2D eigenvalue weighted by Gasteiger charge is 2.12. The van der Waals surface area contributed by atoms with Crippen molar-refractivity contribution in [2.45, 2.75) is 6.92 Å². The lowest BCUT2D eigenvalue weighted by Gasteiger charge is -2.05. The van der Waals surface area contributed by atoms with Crippen molar-refractivity contribution < 1.29 is 14.7 Å². The Morgan fingerprint density at radius 2 is 2.14 bits per heavy atom. The fourth-order valence-corrected chi connectivity index (χ4v) is 1.91. The Hall–Kier alpha value is -2.89. The second kappa shape index (κ2) is 6.04. The number of carbonyl (C=O) groups is 2. The van der Waals surface area contributed by atoms with Crippen LogP contribution in [0.25, 0.3) is 6.08 Å². The van der Waals surface area contributed by atoms with Crippen LogP contribution in [0.2, 0.25) is 0 Å². The van der Waals surface area contributed by atoms with Gasteiger partial charge in [0.25, 0.3) is 5.91 Å². The highest BCUT2D eigenvalue weighted by molar-refractivity contribution is 6.05. The van der Waals surface area contributed by atoms with Gasteiger partial charge in [0.2, 0.25) is 0 Å². The number of hydrogen-bond acceptors (Lipinski definition) is 3. The number of nitrogens with zero attached hydrogens (tertiary/aromatic N) is 2. The van der Waals surface area contributed by atoms with Gasteiger partial charge in [-0.2, -0.15) is 5.10 Å². The van der Waals surface area contributed by atoms with Gasteiger partial charge in [-0.15, -0.1) is 0 Å². The number of carbonyl (C=O) groups excluding carboxylic acids is 1. The summed E-state index contributed by atoms with van der Waals surface area (Å²) in [6.07, 6.45) is 4.17. The lowest BCUT2D eigenvalue weighted by atomic mass is 10.1. The van der Waals surface area contributed by atoms with Crippen molar-refractivity contribution in [3.05, 3.63) is 53.4 Å². The highest BCUT2D eigenvalue weighted by Crippen LogP contribution is 2.14. The molecule has 21 heavy (non-hydrogen) atoms. The molecule has 0 saturated carbocycles. The van der Waals surface area contributed by atoms with Gasteiger partial charge in [0.15, 0.2) is 0 Å². The predicted octanol–water partition coefficient (Wildman–Crippen LogP) is 2.08. The Morgan fingerprint density at radius 3 is 2.76 bits per heavy atom. The minimum Gasteiger partial charge on any atom is -0.478 e. The van der Waals surface area contributed by atoms with Crippen molar-refractivity contribution in [1.82, 2.24) is 9.78 Å². The molecule has 0 unspecified atom stereocenters. The molecule has 1 heterocycles. The molecule has 1 amide bonds. The number of carboxylic acid groups (broad SMARTS) is 1. The van der Waals surface area contributed by atoms with E-state index in [2.05, 4.69) is 10.4 Å². The number of benzene rings is 1. The van der Waals surface area contributed by atoms with E-state index in [1.807, 2.05) is 0 Å². The summed E-state index contributed by atoms with van der Waals surface area (Å²) in [7, 11) is 1.75. The zero-order valence-corrected chi connectivity index (χ0v) is 11.7. The molecule has 0 saturated heterocycles. The van der Waals surface area contributed by atoms with Gasteiger partial charge < -0.3 is 10.4 Å². The normalized spacial score (nSPS) is 10.8. The lowest BCUT2D eigenvalue weighted by Crippen LogP contribution is -2.12. The quantitative estimate of drug-likeness (QED) is 0.842. The van der Waals surface area contributed by atoms with Crippen molar-refractivity contribution in [3.63, 3.8) is 0 Å². The number of carboxylic acids is 1. The third-order valence-corrected chi connectivity index (χ3v) is 2.82. The van der Waals surface area contributed by atoms with E-state index in [-0.39, 0.29) is 5.91 Å². The first kappa shape index (κ1) is 14.5. The second-order valence-corrected chi connectivity index (χ2v) is 4.55. The molecule has 0 atom stereocenters. The maximum absolute atomic E-state index is 12.1. The first-order chi connectivity index (χ1) is 9.95. The van der Waals surface area contributed by atoms with Crippen molar-refractivity contribution in [2.24, 2.45) is 7.05 Å². The van der Waals surface area contributed by atoms with E-state index in [1.54, 1.807) is 49.1 Å². The second-order valence-electron chi connectivity index (χ2n) is 4.55. The third-order valence-electron chi connectivity index (χ3n) is 2.82. The summed E-state index contributed by atoms with van der Waals surface area (Å²) in [5.41, 5.74) is 2.44. The molecule has 2 rings (SSSR count). The summed E-state index contributed by atoms with van der Waals surface area (Å²) in [4.78, 5) is 22.6. The van der Waals surface area contributed by atoms with E-state index >= 15 is 0 Å². The summed E-state index contributed by atoms with van der Waals surface area (Å²) in [6, 6.07) is 6.93. The number of hydrogen-bond donors (Lipinski definition) is 2. The summed E-state index contributed by atoms with van der Waals surface area (Å²) >= 11 is 0. The van der Waals surface area contributed by atoms with Crippen LogP contribution in [0.4, 0.5) is 5.69 Å². The molecular formula is C15H15N3O3. The molecule has 108 valence electrons. The van der Waals surface area contributed by atoms with Crippen LogP contribution in [0, 0.1) is 6.92 Å². The largest absolute Gasteiger partial charge is 0.478 e. The average molecular weight is 285 g/mol. The van der Waals surface area contributed by atoms with Gasteiger partial charge >= 0.3 is 5.97 Å². The number of anilines is 1. The number of aromatic nitrogens is 2. The maximum atomic E-state index is 12.1. The topological polar surface area (TPSA) is 84.2 Å². The molecule has 0 aliphatic heterocycles. The number of amides is 1. The Labute approximate surface area is 121 Å². The van der Waals surface area contributed by atoms with Crippen LogP contribution >= 0.6 is 0 Å². The van der Waals surface area contributed by atoms with Crippen LogP contribution in [0.15, 0.2) is 36.5 Å². The van der Waals surface area contributed by atoms with Crippen LogP contribution in [-0.4, -0.2) is 26.8 Å². The van der Waals surface area contributed by atoms with Crippen molar-refractivity contribution in [1.29, 1.82) is 0 Å². The minimum atomic E-state index is -1.02. The van der Waals surface area contributed by atoms with Crippen molar-refractivity contribution in [2.75, 3.05) is 5.32 Å². The van der Waals surface area contributed by atoms with E-state index in [4.69, 9.17) is 5.11 Å². The van der Waals surface area contributed by atoms with Crippen molar-refractivity contribution in [3.8, 4) is 0 Å². The van der Waals surface area contributed by atoms with Gasteiger partial charge in [-0.05, 0) is 30.7 Å². The molecule has 6 heteroatoms. The number of aryl methyl sites for hydroxylation is 2. The molecule has 2 N–H and O–H groups in total. The fraction of sp³-hybridized carbons (Fsp3) is 0.133. The molecule has 0 aliphatic rings. The molecular weight excluding hydrogens is 270 g/mol. The fourth-order valence-electron chi connectivity index (χ4n) is 1.91. The Balaban J connectivity index is 2.16. The number of nitrogens with one attached hydrogen (secondary N) is 1. The molecule has 0 spiro atoms. The van der Waals surface area contributed by atoms with Gasteiger partial charge in [0.1, 0.15) is 0 Å². The van der Waals surface area contributed by atoms with Crippen LogP contribution in [-0.2, 0) is 11.8 Å². The molecule has 1 aromatic carbocycles. The summed E-state index contributed by atoms with van der Waals surface area (Å²) in [5.74, 6) is -1.27. The van der Waals surface area contributed by atoms with Gasteiger partial charge in [-0.1, -0.05) is 12.1 Å². The number of rotatable bonds is 4. The van der Waals surface area contributed by atoms with Gasteiger partial charge in [0.05, 0.1) is 11.3 Å². The molecule has 1 aromatic heterocycles. The van der Waals surface area contributed by atoms with Crippen LogP contribution in [0.1, 0.15) is 21.6 Å². The minimum absolute atomic E-state index is 0.250. The van der Waals surface area contributed by atoms with E-state index in [0.29, 0.717) is 22.5 Å². The third kappa shape index (κ3) is 3.79. The molecule has 2 aromatic rings. The predicted molar refractivity (Wildman–Crippen MR) is 79.0 cm³/mol. The molecule has 6 nitrogen and oxygen atoms in total. The van der Waals surface area contributed by atoms with Crippen molar-refractivity contribution >= 4 is 23.6 Å². The summed E-state index contributed by atoms with van der Waals surface area (Å²) in [5, 5.41) is 15.5. The van der Waals surface area contributed by atoms with E-state index < -0.39 is 5.97 Å². The zero-order valence-electron chi connectivity index (χ0n) is 11.7. The van der Waals surface area contributed by atoms with E-state index in [0.717, 1.165) is 6.08 Å². The SMILES string of the molecule is Cc1nn(C)cc1C(=O)Nc1cccc(/C=C/C(=O)O)c1. The van der Waals surface area contributed by atoms with E-state index in [1.165, 1.54) is 6.08 Å². The lowest BCUT2D eigenvalue weighted by molar-refractivity contribution is -0.131. The van der Waals surface area contributed by atoms with Crippen LogP contribution in [0.5, 0.6) is 0 Å². The first-order valence-corrected chi connectivity index (χ1v) is 6.28. The van der Waals surface area contributed by atoms with Gasteiger partial charge in [-0.3, -0.25) is 9.48 Å². The maximum Gasteiger partial charge on any atom is 0.328 e. The molecule has 0 bridgehead atoms. The van der Waals surface area contributed by atoms with Gasteiger partial charge in [0, 0.05) is 25.0 Å². The smallest absolute Gasteiger partial charge is 0.328 e. The Kier molecular flexibility index (Phi) is 4.18. The van der Waals surface area contributed by atoms with Crippen LogP contribution < -0.4 is 5.32 Å². The standard InChI is InChI=1S/C15H15N3O3/c1-10-13(9-18(2)17-10)15(21)16-12-5-3-4-11(8-12)6-7-14(19)20/h3-9H,1-2H3,(H,16,21)(H,19,20)/b7-6+. The summed E-state index contributed by atoms with van der Waals surface area (Å²) < 4.78 is 1.58. The van der Waals surface area contributed by atoms with Crippen LogP contribution in [0.3, 0.4) is 0 Å². The average Bonchev–Trinajstić information content (AvgIpc) is 2.76. The molecule has 0 aliphatic carbocycles. The molecule has 0 fully saturated rings. The van der Waals surface area contributed by atoms with E-state index in [9.17, 15) is 9.59 Å². The number of aliphatic carboxylic acids is 1. The summed E-state index contributed by atoms with van der Waals surface area (Å²) in [6.45, 7) is 1.76.